The molecule has 0 aliphatic carbocycles. The summed E-state index contributed by atoms with van der Waals surface area (Å²) in [6, 6.07) is 17.2. The largest absolute Gasteiger partial charge is 0.464 e. The molecule has 0 radical (unpaired) electrons. The molecule has 1 aliphatic rings. The highest BCUT2D eigenvalue weighted by molar-refractivity contribution is 5.92. The van der Waals surface area contributed by atoms with E-state index in [1.807, 2.05) is 57.2 Å². The van der Waals surface area contributed by atoms with Crippen LogP contribution in [0, 0.1) is 18.3 Å². The molecule has 9 nitrogen and oxygen atoms in total. The smallest absolute Gasteiger partial charge is 0.322 e. The molecule has 3 amide bonds. The highest BCUT2D eigenvalue weighted by atomic mass is 16.7. The van der Waals surface area contributed by atoms with Crippen molar-refractivity contribution in [2.45, 2.75) is 39.9 Å². The number of nitriles is 1. The molecule has 1 aromatic heterocycles. The number of nitrogens with one attached hydrogen (secondary N) is 1. The van der Waals surface area contributed by atoms with Crippen LogP contribution in [-0.2, 0) is 17.9 Å². The van der Waals surface area contributed by atoms with Gasteiger partial charge in [-0.05, 0) is 74.9 Å². The molecule has 1 N–H and O–H groups in total. The zero-order valence-corrected chi connectivity index (χ0v) is 20.5. The van der Waals surface area contributed by atoms with Crippen LogP contribution < -0.4 is 14.8 Å². The average molecular weight is 489 g/mol. The van der Waals surface area contributed by atoms with Gasteiger partial charge in [-0.15, -0.1) is 0 Å². The third-order valence-electron chi connectivity index (χ3n) is 5.76. The molecule has 0 saturated carbocycles. The summed E-state index contributed by atoms with van der Waals surface area (Å²) in [5.74, 6) is 2.49. The Bertz CT molecular complexity index is 1280. The number of carbonyl (C=O) groups is 2. The van der Waals surface area contributed by atoms with E-state index in [1.165, 1.54) is 4.90 Å². The second kappa shape index (κ2) is 10.9. The van der Waals surface area contributed by atoms with E-state index in [0.29, 0.717) is 35.1 Å². The lowest BCUT2D eigenvalue weighted by molar-refractivity contribution is -0.133. The second-order valence-electron chi connectivity index (χ2n) is 8.79. The van der Waals surface area contributed by atoms with Gasteiger partial charge in [0.2, 0.25) is 12.7 Å². The van der Waals surface area contributed by atoms with Crippen LogP contribution in [0.1, 0.15) is 36.5 Å². The monoisotopic (exact) mass is 488 g/mol. The molecule has 0 saturated heterocycles. The van der Waals surface area contributed by atoms with Crippen LogP contribution in [0.4, 0.5) is 10.5 Å². The van der Waals surface area contributed by atoms with Crippen molar-refractivity contribution in [3.63, 3.8) is 0 Å². The zero-order valence-electron chi connectivity index (χ0n) is 20.5. The van der Waals surface area contributed by atoms with Crippen molar-refractivity contribution in [1.82, 2.24) is 9.80 Å². The Hall–Kier alpha value is -4.45. The Kier molecular flexibility index (Phi) is 7.44. The minimum Gasteiger partial charge on any atom is -0.464 e. The summed E-state index contributed by atoms with van der Waals surface area (Å²) in [4.78, 5) is 29.7. The predicted octanol–water partition coefficient (Wildman–Crippen LogP) is 4.66. The standard InChI is InChI=1S/C27H28N4O5/c1-18(2)31(27(33)29-22-8-5-20(13-28)6-9-22)16-26(32)30(15-23-10-4-19(3)36-23)14-21-7-11-24-25(12-21)35-17-34-24/h4-12,18H,14-17H2,1-3H3,(H,29,33). The van der Waals surface area contributed by atoms with Gasteiger partial charge < -0.3 is 29.0 Å². The minimum atomic E-state index is -0.403. The van der Waals surface area contributed by atoms with Crippen LogP contribution in [0.5, 0.6) is 11.5 Å². The van der Waals surface area contributed by atoms with Gasteiger partial charge in [0.05, 0.1) is 18.2 Å². The number of benzene rings is 2. The van der Waals surface area contributed by atoms with Crippen LogP contribution in [0.25, 0.3) is 0 Å². The van der Waals surface area contributed by atoms with E-state index in [4.69, 9.17) is 19.2 Å². The lowest BCUT2D eigenvalue weighted by Crippen LogP contribution is -2.47. The van der Waals surface area contributed by atoms with Gasteiger partial charge in [0.1, 0.15) is 18.1 Å². The molecule has 186 valence electrons. The zero-order chi connectivity index (χ0) is 25.7. The number of amides is 3. The molecule has 4 rings (SSSR count). The summed E-state index contributed by atoms with van der Waals surface area (Å²) < 4.78 is 16.6. The molecule has 1 aliphatic heterocycles. The minimum absolute atomic E-state index is 0.121. The molecule has 36 heavy (non-hydrogen) atoms. The number of fused-ring (bicyclic) bond motifs is 1. The van der Waals surface area contributed by atoms with Gasteiger partial charge >= 0.3 is 6.03 Å². The molecule has 0 spiro atoms. The van der Waals surface area contributed by atoms with Crippen molar-refractivity contribution in [2.24, 2.45) is 0 Å². The molecular weight excluding hydrogens is 460 g/mol. The normalized spacial score (nSPS) is 11.8. The first kappa shape index (κ1) is 24.7. The van der Waals surface area contributed by atoms with Crippen molar-refractivity contribution < 1.29 is 23.5 Å². The third-order valence-corrected chi connectivity index (χ3v) is 5.76. The van der Waals surface area contributed by atoms with Gasteiger partial charge in [-0.1, -0.05) is 6.07 Å². The number of carbonyl (C=O) groups excluding carboxylic acids is 2. The molecular formula is C27H28N4O5. The molecule has 0 fully saturated rings. The highest BCUT2D eigenvalue weighted by Crippen LogP contribution is 2.33. The number of nitrogens with zero attached hydrogens (tertiary/aromatic N) is 3. The Morgan fingerprint density at radius 2 is 1.78 bits per heavy atom. The summed E-state index contributed by atoms with van der Waals surface area (Å²) in [7, 11) is 0. The van der Waals surface area contributed by atoms with Crippen LogP contribution in [-0.4, -0.2) is 41.1 Å². The van der Waals surface area contributed by atoms with E-state index < -0.39 is 6.03 Å². The molecule has 0 atom stereocenters. The fourth-order valence-electron chi connectivity index (χ4n) is 3.81. The van der Waals surface area contributed by atoms with Crippen LogP contribution in [0.15, 0.2) is 59.0 Å². The topological polar surface area (TPSA) is 108 Å². The van der Waals surface area contributed by atoms with Crippen LogP contribution in [0.3, 0.4) is 0 Å². The van der Waals surface area contributed by atoms with Crippen molar-refractivity contribution in [2.75, 3.05) is 18.7 Å². The Labute approximate surface area is 209 Å². The quantitative estimate of drug-likeness (QED) is 0.494. The summed E-state index contributed by atoms with van der Waals surface area (Å²) in [6.07, 6.45) is 0. The van der Waals surface area contributed by atoms with Crippen molar-refractivity contribution >= 4 is 17.6 Å². The van der Waals surface area contributed by atoms with Gasteiger partial charge in [0, 0.05) is 18.3 Å². The van der Waals surface area contributed by atoms with Crippen molar-refractivity contribution in [3.05, 3.63) is 77.2 Å². The van der Waals surface area contributed by atoms with E-state index >= 15 is 0 Å². The maximum absolute atomic E-state index is 13.5. The number of furan rings is 1. The van der Waals surface area contributed by atoms with Gasteiger partial charge in [-0.25, -0.2) is 4.79 Å². The number of aryl methyl sites for hydroxylation is 1. The molecule has 3 aromatic rings. The molecule has 0 unspecified atom stereocenters. The van der Waals surface area contributed by atoms with E-state index in [9.17, 15) is 9.59 Å². The average Bonchev–Trinajstić information content (AvgIpc) is 3.50. The van der Waals surface area contributed by atoms with Crippen molar-refractivity contribution in [1.29, 1.82) is 5.26 Å². The summed E-state index contributed by atoms with van der Waals surface area (Å²) >= 11 is 0. The summed E-state index contributed by atoms with van der Waals surface area (Å²) in [5, 5.41) is 11.8. The fraction of sp³-hybridized carbons (Fsp3) is 0.296. The molecule has 2 heterocycles. The van der Waals surface area contributed by atoms with Crippen LogP contribution in [0.2, 0.25) is 0 Å². The lowest BCUT2D eigenvalue weighted by Gasteiger charge is -2.30. The number of urea groups is 1. The maximum Gasteiger partial charge on any atom is 0.322 e. The number of rotatable bonds is 8. The summed E-state index contributed by atoms with van der Waals surface area (Å²) in [5.41, 5.74) is 1.91. The molecule has 9 heteroatoms. The van der Waals surface area contributed by atoms with Gasteiger partial charge in [0.25, 0.3) is 0 Å². The fourth-order valence-corrected chi connectivity index (χ4v) is 3.81. The number of ether oxygens (including phenoxy) is 2. The first-order chi connectivity index (χ1) is 17.3. The van der Waals surface area contributed by atoms with E-state index in [1.54, 1.807) is 29.2 Å². The van der Waals surface area contributed by atoms with Crippen LogP contribution >= 0.6 is 0 Å². The van der Waals surface area contributed by atoms with E-state index in [-0.39, 0.29) is 31.8 Å². The number of hydrogen-bond donors (Lipinski definition) is 1. The maximum atomic E-state index is 13.5. The van der Waals surface area contributed by atoms with Crippen molar-refractivity contribution in [3.8, 4) is 17.6 Å². The highest BCUT2D eigenvalue weighted by Gasteiger charge is 2.25. The Morgan fingerprint density at radius 1 is 1.03 bits per heavy atom. The SMILES string of the molecule is Cc1ccc(CN(Cc2ccc3c(c2)OCO3)C(=O)CN(C(=O)Nc2ccc(C#N)cc2)C(C)C)o1. The number of anilines is 1. The summed E-state index contributed by atoms with van der Waals surface area (Å²) in [6.45, 7) is 6.16. The predicted molar refractivity (Wildman–Crippen MR) is 132 cm³/mol. The lowest BCUT2D eigenvalue weighted by atomic mass is 10.1. The third kappa shape index (κ3) is 5.96. The second-order valence-corrected chi connectivity index (χ2v) is 8.79. The Morgan fingerprint density at radius 3 is 2.44 bits per heavy atom. The first-order valence-electron chi connectivity index (χ1n) is 11.6. The molecule has 0 bridgehead atoms. The Balaban J connectivity index is 1.50. The van der Waals surface area contributed by atoms with Gasteiger partial charge in [-0.2, -0.15) is 5.26 Å². The van der Waals surface area contributed by atoms with E-state index in [2.05, 4.69) is 5.32 Å². The molecule has 2 aromatic carbocycles. The van der Waals surface area contributed by atoms with Gasteiger partial charge in [0.15, 0.2) is 11.5 Å². The number of hydrogen-bond acceptors (Lipinski definition) is 6. The first-order valence-corrected chi connectivity index (χ1v) is 11.6. The van der Waals surface area contributed by atoms with Gasteiger partial charge in [-0.3, -0.25) is 4.79 Å². The van der Waals surface area contributed by atoms with E-state index in [0.717, 1.165) is 11.3 Å².